The molecule has 3 aromatic carbocycles. The molecule has 0 bridgehead atoms. The van der Waals surface area contributed by atoms with Gasteiger partial charge in [-0.3, -0.25) is 24.1 Å². The monoisotopic (exact) mass is 725 g/mol. The highest BCUT2D eigenvalue weighted by Gasteiger charge is 2.66. The van der Waals surface area contributed by atoms with Gasteiger partial charge in [0.2, 0.25) is 11.8 Å². The van der Waals surface area contributed by atoms with Gasteiger partial charge < -0.3 is 29.1 Å². The van der Waals surface area contributed by atoms with Crippen molar-refractivity contribution in [3.8, 4) is 5.75 Å². The molecule has 0 saturated carbocycles. The molecule has 7 rings (SSSR count). The van der Waals surface area contributed by atoms with E-state index in [0.29, 0.717) is 12.2 Å². The van der Waals surface area contributed by atoms with Crippen LogP contribution in [-0.4, -0.2) is 80.4 Å². The Bertz CT molecular complexity index is 1880. The van der Waals surface area contributed by atoms with Crippen LogP contribution in [0.3, 0.4) is 0 Å². The molecule has 4 aliphatic rings. The van der Waals surface area contributed by atoms with Crippen molar-refractivity contribution >= 4 is 48.3 Å². The number of methoxy groups -OCH3 is 1. The summed E-state index contributed by atoms with van der Waals surface area (Å²) in [6.07, 6.45) is 0.651. The number of carbonyl (C=O) groups excluding carboxylic acids is 4. The third kappa shape index (κ3) is 5.90. The van der Waals surface area contributed by atoms with Crippen LogP contribution in [0.15, 0.2) is 72.8 Å². The lowest BCUT2D eigenvalue weighted by atomic mass is 9.82. The second-order valence-electron chi connectivity index (χ2n) is 15.0. The van der Waals surface area contributed by atoms with Crippen LogP contribution in [0, 0.1) is 5.92 Å². The Hall–Kier alpha value is -4.52. The van der Waals surface area contributed by atoms with Crippen LogP contribution >= 0.6 is 0 Å². The molecule has 3 amide bonds. The molecule has 11 nitrogen and oxygen atoms in total. The molecule has 4 heterocycles. The van der Waals surface area contributed by atoms with Crippen molar-refractivity contribution in [2.24, 2.45) is 5.92 Å². The van der Waals surface area contributed by atoms with Crippen molar-refractivity contribution < 1.29 is 38.5 Å². The molecule has 274 valence electrons. The molecular weight excluding hydrogens is 679 g/mol. The number of rotatable bonds is 10. The van der Waals surface area contributed by atoms with Gasteiger partial charge in [0.25, 0.3) is 5.91 Å². The van der Waals surface area contributed by atoms with Crippen LogP contribution in [0.4, 0.5) is 11.4 Å². The number of ether oxygens (including phenoxy) is 3. The molecule has 0 aliphatic carbocycles. The number of aliphatic hydroxyl groups excluding tert-OH is 1. The summed E-state index contributed by atoms with van der Waals surface area (Å²) in [5.41, 5.74) is 1.48. The zero-order valence-electron chi connectivity index (χ0n) is 30.4. The molecule has 6 atom stereocenters. The number of amides is 3. The summed E-state index contributed by atoms with van der Waals surface area (Å²) in [5.74, 6) is -0.369. The number of hydrogen-bond acceptors (Lipinski definition) is 8. The topological polar surface area (TPSA) is 126 Å². The standard InChI is InChI=1S/C40H47N3O8Si/c1-25-38(52(4,5)31-17-15-30(49-3)16-18-31)34(21-35(46)41-19-9-12-29(41)24-44)51-40(25)32-13-6-7-14-33(32)42(39(40)48)23-27-10-8-11-28(20-27)43-36(47)22-37(43)50-26(2)45/h6-8,10-11,13-18,20,25,29,34,37-38,44H,9,12,19,21-24H2,1-5H3/t25-,29+,34+,37?,38-,40+/m1/s1. The third-order valence-electron chi connectivity index (χ3n) is 11.8. The van der Waals surface area contributed by atoms with E-state index in [-0.39, 0.29) is 61.2 Å². The minimum absolute atomic E-state index is 0.0599. The summed E-state index contributed by atoms with van der Waals surface area (Å²) in [6.45, 7) is 8.74. The number of hydrogen-bond donors (Lipinski definition) is 1. The second-order valence-corrected chi connectivity index (χ2v) is 19.7. The van der Waals surface area contributed by atoms with Crippen LogP contribution in [0.1, 0.15) is 50.7 Å². The van der Waals surface area contributed by atoms with Crippen LogP contribution in [0.25, 0.3) is 0 Å². The van der Waals surface area contributed by atoms with Crippen LogP contribution < -0.4 is 19.7 Å². The molecular formula is C40H47N3O8Si. The van der Waals surface area contributed by atoms with Crippen molar-refractivity contribution in [3.63, 3.8) is 0 Å². The fourth-order valence-corrected chi connectivity index (χ4v) is 13.2. The summed E-state index contributed by atoms with van der Waals surface area (Å²) in [5, 5.41) is 11.2. The average Bonchev–Trinajstić information content (AvgIpc) is 3.78. The highest BCUT2D eigenvalue weighted by molar-refractivity contribution is 6.91. The van der Waals surface area contributed by atoms with Crippen molar-refractivity contribution in [1.29, 1.82) is 0 Å². The predicted octanol–water partition coefficient (Wildman–Crippen LogP) is 4.46. The van der Waals surface area contributed by atoms with Crippen molar-refractivity contribution in [2.45, 2.75) is 88.7 Å². The summed E-state index contributed by atoms with van der Waals surface area (Å²) in [4.78, 5) is 58.4. The quantitative estimate of drug-likeness (QED) is 0.185. The number of fused-ring (bicyclic) bond motifs is 2. The van der Waals surface area contributed by atoms with E-state index in [9.17, 15) is 19.5 Å². The van der Waals surface area contributed by atoms with Gasteiger partial charge in [0.1, 0.15) is 5.75 Å². The normalized spacial score (nSPS) is 26.9. The van der Waals surface area contributed by atoms with Gasteiger partial charge in [0, 0.05) is 30.6 Å². The number of para-hydroxylation sites is 1. The highest BCUT2D eigenvalue weighted by Crippen LogP contribution is 2.60. The minimum Gasteiger partial charge on any atom is -0.497 e. The lowest BCUT2D eigenvalue weighted by molar-refractivity contribution is -0.154. The van der Waals surface area contributed by atoms with Gasteiger partial charge in [-0.05, 0) is 54.3 Å². The number of aliphatic hydroxyl groups is 1. The third-order valence-corrected chi connectivity index (χ3v) is 16.1. The fraction of sp³-hybridized carbons (Fsp3) is 0.450. The van der Waals surface area contributed by atoms with Gasteiger partial charge in [-0.15, -0.1) is 0 Å². The van der Waals surface area contributed by atoms with Crippen LogP contribution in [-0.2, 0) is 40.8 Å². The maximum absolute atomic E-state index is 15.1. The molecule has 1 spiro atoms. The minimum atomic E-state index is -2.47. The first-order valence-corrected chi connectivity index (χ1v) is 21.2. The fourth-order valence-electron chi connectivity index (χ4n) is 9.24. The average molecular weight is 726 g/mol. The van der Waals surface area contributed by atoms with E-state index in [2.05, 4.69) is 32.2 Å². The lowest BCUT2D eigenvalue weighted by Gasteiger charge is -2.39. The number of anilines is 2. The van der Waals surface area contributed by atoms with E-state index >= 15 is 4.79 Å². The SMILES string of the molecule is COc1ccc([Si](C)(C)[C@H]2[C@H](CC(=O)N3CCC[C@H]3CO)O[C@@]3(C(=O)N(Cc4cccc(N5C(=O)CC5OC(C)=O)c4)c4ccccc43)[C@@H]2C)cc1. The summed E-state index contributed by atoms with van der Waals surface area (Å²) in [6, 6.07) is 23.0. The summed E-state index contributed by atoms with van der Waals surface area (Å²) >= 11 is 0. The predicted molar refractivity (Wildman–Crippen MR) is 198 cm³/mol. The second kappa shape index (κ2) is 13.8. The van der Waals surface area contributed by atoms with E-state index < -0.39 is 32.0 Å². The Morgan fingerprint density at radius 1 is 1.04 bits per heavy atom. The van der Waals surface area contributed by atoms with Gasteiger partial charge in [-0.2, -0.15) is 0 Å². The molecule has 3 saturated heterocycles. The van der Waals surface area contributed by atoms with E-state index in [1.54, 1.807) is 23.0 Å². The van der Waals surface area contributed by atoms with Gasteiger partial charge in [-0.25, -0.2) is 0 Å². The van der Waals surface area contributed by atoms with Crippen LogP contribution in [0.5, 0.6) is 5.75 Å². The summed E-state index contributed by atoms with van der Waals surface area (Å²) in [7, 11) is -0.826. The van der Waals surface area contributed by atoms with Crippen molar-refractivity contribution in [1.82, 2.24) is 4.90 Å². The Labute approximate surface area is 305 Å². The van der Waals surface area contributed by atoms with E-state index in [1.165, 1.54) is 17.0 Å². The van der Waals surface area contributed by atoms with E-state index in [0.717, 1.165) is 35.4 Å². The van der Waals surface area contributed by atoms with Gasteiger partial charge in [0.05, 0.1) is 59.0 Å². The summed E-state index contributed by atoms with van der Waals surface area (Å²) < 4.78 is 18.0. The molecule has 0 radical (unpaired) electrons. The molecule has 3 fully saturated rings. The number of nitrogens with zero attached hydrogens (tertiary/aromatic N) is 3. The van der Waals surface area contributed by atoms with Crippen molar-refractivity contribution in [2.75, 3.05) is 30.1 Å². The Balaban J connectivity index is 1.25. The number of β-lactam (4-membered cyclic amide) rings is 1. The van der Waals surface area contributed by atoms with Crippen molar-refractivity contribution in [3.05, 3.63) is 83.9 Å². The largest absolute Gasteiger partial charge is 0.497 e. The molecule has 12 heteroatoms. The first kappa shape index (κ1) is 35.9. The highest BCUT2D eigenvalue weighted by atomic mass is 28.3. The maximum Gasteiger partial charge on any atom is 0.304 e. The zero-order chi connectivity index (χ0) is 36.9. The van der Waals surface area contributed by atoms with E-state index in [4.69, 9.17) is 14.2 Å². The molecule has 4 aliphatic heterocycles. The first-order valence-electron chi connectivity index (χ1n) is 18.1. The lowest BCUT2D eigenvalue weighted by Crippen LogP contribution is -2.54. The molecule has 0 aromatic heterocycles. The van der Waals surface area contributed by atoms with Gasteiger partial charge >= 0.3 is 5.97 Å². The molecule has 52 heavy (non-hydrogen) atoms. The Morgan fingerprint density at radius 2 is 1.79 bits per heavy atom. The Morgan fingerprint density at radius 3 is 2.48 bits per heavy atom. The molecule has 3 aromatic rings. The number of likely N-dealkylation sites (tertiary alicyclic amines) is 1. The number of carbonyl (C=O) groups is 4. The van der Waals surface area contributed by atoms with E-state index in [1.807, 2.05) is 54.6 Å². The van der Waals surface area contributed by atoms with Gasteiger partial charge in [0.15, 0.2) is 11.8 Å². The smallest absolute Gasteiger partial charge is 0.304 e. The molecule has 1 N–H and O–H groups in total. The number of benzene rings is 3. The number of esters is 1. The van der Waals surface area contributed by atoms with Crippen LogP contribution in [0.2, 0.25) is 18.6 Å². The zero-order valence-corrected chi connectivity index (χ0v) is 31.4. The van der Waals surface area contributed by atoms with Gasteiger partial charge in [-0.1, -0.05) is 67.7 Å². The molecule has 1 unspecified atom stereocenters. The Kier molecular flexibility index (Phi) is 9.51. The maximum atomic E-state index is 15.1. The first-order chi connectivity index (χ1) is 24.9.